The Morgan fingerprint density at radius 2 is 2.03 bits per heavy atom. The number of amides is 1. The van der Waals surface area contributed by atoms with Crippen molar-refractivity contribution in [1.29, 1.82) is 0 Å². The molecule has 5 rings (SSSR count). The number of hydrogen-bond donors (Lipinski definition) is 2. The van der Waals surface area contributed by atoms with Crippen LogP contribution in [-0.4, -0.2) is 51.0 Å². The molecule has 3 heterocycles. The van der Waals surface area contributed by atoms with Crippen LogP contribution in [0.3, 0.4) is 0 Å². The standard InChI is InChI=1S/C25H28ClN5O3S2.3H2/c1-17(31-12-2-3-18-15-19(26)4-9-23(18)31)24(32)28-20-10-13-30(16-20)21-5-7-22(8-6-21)36(33,34)29-25-27-11-14-35-25;;;/h4-9,11,14-15,17,20H,2-3,10,12-13,16H2,1H3,(H,27,29)(H,28,32);3*1H/t17-,20-;;;/m0.../s1. The van der Waals surface area contributed by atoms with Crippen molar-refractivity contribution < 1.29 is 17.5 Å². The average molecular weight is 552 g/mol. The minimum absolute atomic E-state index is 0. The van der Waals surface area contributed by atoms with Crippen molar-refractivity contribution in [2.75, 3.05) is 34.2 Å². The van der Waals surface area contributed by atoms with Crippen molar-refractivity contribution in [3.8, 4) is 0 Å². The number of halogens is 1. The summed E-state index contributed by atoms with van der Waals surface area (Å²) in [5.74, 6) is 0.0133. The number of rotatable bonds is 7. The lowest BCUT2D eigenvalue weighted by atomic mass is 10.00. The topological polar surface area (TPSA) is 94.6 Å². The summed E-state index contributed by atoms with van der Waals surface area (Å²) >= 11 is 7.39. The first-order chi connectivity index (χ1) is 17.3. The largest absolute Gasteiger partial charge is 0.369 e. The number of anilines is 3. The van der Waals surface area contributed by atoms with E-state index < -0.39 is 10.0 Å². The normalized spacial score (nSPS) is 18.6. The number of thiazole rings is 1. The number of aryl methyl sites for hydroxylation is 1. The molecule has 11 heteroatoms. The van der Waals surface area contributed by atoms with E-state index in [4.69, 9.17) is 11.6 Å². The van der Waals surface area contributed by atoms with Gasteiger partial charge >= 0.3 is 0 Å². The highest BCUT2D eigenvalue weighted by atomic mass is 35.5. The van der Waals surface area contributed by atoms with Crippen molar-refractivity contribution in [2.45, 2.75) is 43.2 Å². The van der Waals surface area contributed by atoms with Crippen LogP contribution in [-0.2, 0) is 21.2 Å². The molecule has 0 saturated carbocycles. The molecule has 0 radical (unpaired) electrons. The summed E-state index contributed by atoms with van der Waals surface area (Å²) in [6.07, 6.45) is 4.35. The summed E-state index contributed by atoms with van der Waals surface area (Å²) in [4.78, 5) is 21.6. The van der Waals surface area contributed by atoms with E-state index in [1.165, 1.54) is 16.9 Å². The molecule has 2 N–H and O–H groups in total. The molecule has 2 atom stereocenters. The number of nitrogens with zero attached hydrogens (tertiary/aromatic N) is 3. The number of carbonyl (C=O) groups excluding carboxylic acids is 1. The number of nitrogens with one attached hydrogen (secondary N) is 2. The molecule has 1 fully saturated rings. The molecule has 0 aliphatic carbocycles. The Labute approximate surface area is 224 Å². The van der Waals surface area contributed by atoms with Gasteiger partial charge in [0, 0.05) is 57.9 Å². The zero-order valence-corrected chi connectivity index (χ0v) is 22.2. The van der Waals surface area contributed by atoms with E-state index in [2.05, 4.69) is 24.8 Å². The Balaban J connectivity index is 0.00000178. The maximum atomic E-state index is 13.1. The third-order valence-corrected chi connectivity index (χ3v) is 9.15. The maximum Gasteiger partial charge on any atom is 0.263 e. The van der Waals surface area contributed by atoms with Gasteiger partial charge < -0.3 is 15.1 Å². The van der Waals surface area contributed by atoms with Crippen LogP contribution in [0.1, 0.15) is 29.6 Å². The number of sulfonamides is 1. The SMILES string of the molecule is C[C@@H](C(=O)N[C@H]1CCN(c2ccc(S(=O)(=O)Nc3nccs3)cc2)C1)N1CCCc2cc(Cl)ccc21.[HH].[HH].[HH]. The van der Waals surface area contributed by atoms with Gasteiger partial charge in [0.15, 0.2) is 5.13 Å². The van der Waals surface area contributed by atoms with Crippen molar-refractivity contribution in [3.05, 3.63) is 64.6 Å². The van der Waals surface area contributed by atoms with E-state index in [1.54, 1.807) is 35.8 Å². The van der Waals surface area contributed by atoms with Gasteiger partial charge in [0.1, 0.15) is 6.04 Å². The van der Waals surface area contributed by atoms with Crippen LogP contribution in [0.5, 0.6) is 0 Å². The number of hydrogen-bond acceptors (Lipinski definition) is 7. The lowest BCUT2D eigenvalue weighted by molar-refractivity contribution is -0.122. The van der Waals surface area contributed by atoms with Crippen LogP contribution in [0.25, 0.3) is 0 Å². The van der Waals surface area contributed by atoms with Crippen LogP contribution in [0.4, 0.5) is 16.5 Å². The highest BCUT2D eigenvalue weighted by Gasteiger charge is 2.30. The molecule has 36 heavy (non-hydrogen) atoms. The quantitative estimate of drug-likeness (QED) is 0.435. The molecule has 1 aromatic heterocycles. The van der Waals surface area contributed by atoms with Gasteiger partial charge in [-0.1, -0.05) is 11.6 Å². The van der Waals surface area contributed by atoms with E-state index in [-0.39, 0.29) is 27.2 Å². The second kappa shape index (κ2) is 10.3. The first-order valence-corrected chi connectivity index (χ1v) is 14.7. The van der Waals surface area contributed by atoms with Crippen LogP contribution in [0.2, 0.25) is 5.02 Å². The van der Waals surface area contributed by atoms with Gasteiger partial charge in [-0.15, -0.1) is 11.3 Å². The Kier molecular flexibility index (Phi) is 7.09. The van der Waals surface area contributed by atoms with Crippen LogP contribution < -0.4 is 19.8 Å². The molecule has 0 bridgehead atoms. The van der Waals surface area contributed by atoms with Gasteiger partial charge in [-0.3, -0.25) is 9.52 Å². The molecule has 0 unspecified atom stereocenters. The molecule has 196 valence electrons. The molecule has 2 aliphatic heterocycles. The van der Waals surface area contributed by atoms with Crippen LogP contribution >= 0.6 is 22.9 Å². The van der Waals surface area contributed by atoms with Crippen LogP contribution in [0, 0.1) is 0 Å². The zero-order chi connectivity index (χ0) is 25.3. The lowest BCUT2D eigenvalue weighted by Crippen LogP contribution is -2.50. The molecule has 2 aliphatic rings. The Hall–Kier alpha value is -2.82. The summed E-state index contributed by atoms with van der Waals surface area (Å²) < 4.78 is 27.6. The molecule has 1 saturated heterocycles. The van der Waals surface area contributed by atoms with Gasteiger partial charge in [-0.05, 0) is 74.2 Å². The molecular weight excluding hydrogens is 518 g/mol. The highest BCUT2D eigenvalue weighted by Crippen LogP contribution is 2.31. The van der Waals surface area contributed by atoms with Gasteiger partial charge in [-0.2, -0.15) is 0 Å². The number of benzene rings is 2. The van der Waals surface area contributed by atoms with E-state index in [1.807, 2.05) is 25.1 Å². The first-order valence-electron chi connectivity index (χ1n) is 11.9. The van der Waals surface area contributed by atoms with Gasteiger partial charge in [0.2, 0.25) is 5.91 Å². The van der Waals surface area contributed by atoms with Crippen molar-refractivity contribution in [3.63, 3.8) is 0 Å². The Morgan fingerprint density at radius 3 is 2.78 bits per heavy atom. The van der Waals surface area contributed by atoms with Crippen molar-refractivity contribution in [1.82, 2.24) is 10.3 Å². The fourth-order valence-corrected chi connectivity index (χ4v) is 6.84. The lowest BCUT2D eigenvalue weighted by Gasteiger charge is -2.36. The van der Waals surface area contributed by atoms with E-state index >= 15 is 0 Å². The summed E-state index contributed by atoms with van der Waals surface area (Å²) in [5.41, 5.74) is 3.20. The van der Waals surface area contributed by atoms with Crippen LogP contribution in [0.15, 0.2) is 58.9 Å². The average Bonchev–Trinajstić information content (AvgIpc) is 3.55. The molecule has 1 amide bonds. The monoisotopic (exact) mass is 551 g/mol. The first kappa shape index (κ1) is 24.9. The van der Waals surface area contributed by atoms with Crippen molar-refractivity contribution in [2.24, 2.45) is 0 Å². The minimum atomic E-state index is -3.68. The number of carbonyl (C=O) groups is 1. The smallest absolute Gasteiger partial charge is 0.263 e. The third-order valence-electron chi connectivity index (χ3n) is 6.74. The molecule has 2 aromatic carbocycles. The minimum Gasteiger partial charge on any atom is -0.369 e. The van der Waals surface area contributed by atoms with Gasteiger partial charge in [-0.25, -0.2) is 13.4 Å². The second-order valence-corrected chi connectivity index (χ2v) is 12.1. The molecule has 0 spiro atoms. The third kappa shape index (κ3) is 5.30. The molecule has 8 nitrogen and oxygen atoms in total. The summed E-state index contributed by atoms with van der Waals surface area (Å²) in [6.45, 7) is 4.25. The fraction of sp³-hybridized carbons (Fsp3) is 0.360. The second-order valence-electron chi connectivity index (χ2n) is 9.12. The van der Waals surface area contributed by atoms with Gasteiger partial charge in [0.05, 0.1) is 4.90 Å². The number of aromatic nitrogens is 1. The molecular formula is C25H34ClN5O3S2. The Bertz CT molecular complexity index is 1350. The van der Waals surface area contributed by atoms with Gasteiger partial charge in [0.25, 0.3) is 10.0 Å². The fourth-order valence-electron chi connectivity index (χ4n) is 4.86. The predicted octanol–water partition coefficient (Wildman–Crippen LogP) is 4.87. The van der Waals surface area contributed by atoms with E-state index in [0.717, 1.165) is 48.7 Å². The highest BCUT2D eigenvalue weighted by molar-refractivity contribution is 7.93. The Morgan fingerprint density at radius 1 is 1.22 bits per heavy atom. The van der Waals surface area contributed by atoms with E-state index in [9.17, 15) is 13.2 Å². The molecule has 3 aromatic rings. The summed E-state index contributed by atoms with van der Waals surface area (Å²) in [7, 11) is -3.68. The summed E-state index contributed by atoms with van der Waals surface area (Å²) in [5, 5.41) is 5.99. The zero-order valence-electron chi connectivity index (χ0n) is 19.9. The summed E-state index contributed by atoms with van der Waals surface area (Å²) in [6, 6.07) is 12.4. The van der Waals surface area contributed by atoms with Crippen molar-refractivity contribution >= 4 is 55.4 Å². The van der Waals surface area contributed by atoms with E-state index in [0.29, 0.717) is 11.7 Å². The predicted molar refractivity (Wildman–Crippen MR) is 151 cm³/mol. The maximum absolute atomic E-state index is 13.1. The number of fused-ring (bicyclic) bond motifs is 1.